The summed E-state index contributed by atoms with van der Waals surface area (Å²) in [7, 11) is 3.57. The lowest BCUT2D eigenvalue weighted by Gasteiger charge is -2.19. The van der Waals surface area contributed by atoms with Crippen molar-refractivity contribution in [1.82, 2.24) is 30.7 Å². The first kappa shape index (κ1) is 25.0. The van der Waals surface area contributed by atoms with Crippen molar-refractivity contribution in [2.75, 3.05) is 20.2 Å². The van der Waals surface area contributed by atoms with E-state index in [1.54, 1.807) is 7.11 Å². The molecule has 0 saturated carbocycles. The lowest BCUT2D eigenvalue weighted by atomic mass is 10.2. The molecule has 0 atom stereocenters. The van der Waals surface area contributed by atoms with E-state index in [9.17, 15) is 4.79 Å². The Bertz CT molecular complexity index is 886. The zero-order valence-electron chi connectivity index (χ0n) is 19.9. The van der Waals surface area contributed by atoms with E-state index < -0.39 is 11.7 Å². The van der Waals surface area contributed by atoms with E-state index in [0.29, 0.717) is 38.6 Å². The van der Waals surface area contributed by atoms with Crippen LogP contribution < -0.4 is 20.7 Å². The van der Waals surface area contributed by atoms with Gasteiger partial charge >= 0.3 is 6.09 Å². The van der Waals surface area contributed by atoms with Crippen LogP contribution >= 0.6 is 0 Å². The van der Waals surface area contributed by atoms with Crippen LogP contribution in [0.15, 0.2) is 29.3 Å². The van der Waals surface area contributed by atoms with Crippen molar-refractivity contribution in [2.45, 2.75) is 52.8 Å². The second-order valence-corrected chi connectivity index (χ2v) is 8.30. The molecule has 0 unspecified atom stereocenters. The van der Waals surface area contributed by atoms with Crippen LogP contribution in [0.5, 0.6) is 5.75 Å². The Balaban J connectivity index is 1.89. The molecule has 10 nitrogen and oxygen atoms in total. The van der Waals surface area contributed by atoms with Crippen molar-refractivity contribution in [2.24, 2.45) is 12.0 Å². The normalized spacial score (nSPS) is 11.8. The van der Waals surface area contributed by atoms with E-state index in [1.807, 2.05) is 63.6 Å². The number of ether oxygens (including phenoxy) is 2. The summed E-state index contributed by atoms with van der Waals surface area (Å²) < 4.78 is 12.4. The Kier molecular flexibility index (Phi) is 9.30. The van der Waals surface area contributed by atoms with Gasteiger partial charge in [-0.1, -0.05) is 12.1 Å². The number of carbonyl (C=O) groups is 1. The minimum atomic E-state index is -0.508. The van der Waals surface area contributed by atoms with Gasteiger partial charge in [0.2, 0.25) is 0 Å². The van der Waals surface area contributed by atoms with Crippen molar-refractivity contribution in [3.05, 3.63) is 41.5 Å². The average Bonchev–Trinajstić information content (AvgIpc) is 3.06. The Hall–Kier alpha value is -3.30. The summed E-state index contributed by atoms with van der Waals surface area (Å²) in [5.74, 6) is 3.12. The Labute approximate surface area is 189 Å². The lowest BCUT2D eigenvalue weighted by molar-refractivity contribution is 0.0527. The van der Waals surface area contributed by atoms with Gasteiger partial charge in [0, 0.05) is 20.1 Å². The zero-order valence-corrected chi connectivity index (χ0v) is 19.9. The van der Waals surface area contributed by atoms with Crippen LogP contribution in [-0.4, -0.2) is 52.6 Å². The third kappa shape index (κ3) is 8.83. The molecule has 0 bridgehead atoms. The molecule has 1 aromatic carbocycles. The van der Waals surface area contributed by atoms with Crippen molar-refractivity contribution in [1.29, 1.82) is 0 Å². The summed E-state index contributed by atoms with van der Waals surface area (Å²) in [5.41, 5.74) is 0.555. The second-order valence-electron chi connectivity index (χ2n) is 8.30. The van der Waals surface area contributed by atoms with Gasteiger partial charge in [-0.2, -0.15) is 0 Å². The van der Waals surface area contributed by atoms with Gasteiger partial charge in [0.1, 0.15) is 17.2 Å². The van der Waals surface area contributed by atoms with E-state index in [2.05, 4.69) is 31.1 Å². The van der Waals surface area contributed by atoms with Crippen molar-refractivity contribution in [3.63, 3.8) is 0 Å². The van der Waals surface area contributed by atoms with Gasteiger partial charge in [-0.15, -0.1) is 10.2 Å². The molecule has 2 rings (SSSR count). The maximum Gasteiger partial charge on any atom is 0.407 e. The fourth-order valence-corrected chi connectivity index (χ4v) is 2.64. The van der Waals surface area contributed by atoms with Crippen LogP contribution in [-0.2, 0) is 24.9 Å². The molecular weight excluding hydrogens is 410 g/mol. The molecule has 0 fully saturated rings. The third-order valence-electron chi connectivity index (χ3n) is 4.49. The van der Waals surface area contributed by atoms with Crippen LogP contribution in [0.3, 0.4) is 0 Å². The summed E-state index contributed by atoms with van der Waals surface area (Å²) in [6, 6.07) is 7.79. The lowest BCUT2D eigenvalue weighted by Crippen LogP contribution is -2.39. The molecule has 1 amide bonds. The number of aliphatic imine (C=N–C) groups is 1. The van der Waals surface area contributed by atoms with E-state index in [1.165, 1.54) is 0 Å². The maximum atomic E-state index is 11.7. The number of aromatic nitrogens is 3. The SMILES string of the molecule is COc1ccc(CN=C(NCCCNC(=O)OC(C)(C)C)NCc2nnc(C)n2C)cc1. The zero-order chi connectivity index (χ0) is 23.6. The molecule has 0 aliphatic rings. The van der Waals surface area contributed by atoms with Crippen LogP contribution in [0.2, 0.25) is 0 Å². The van der Waals surface area contributed by atoms with Crippen molar-refractivity contribution in [3.8, 4) is 5.75 Å². The van der Waals surface area contributed by atoms with Gasteiger partial charge in [-0.3, -0.25) is 0 Å². The Morgan fingerprint density at radius 1 is 1.09 bits per heavy atom. The Morgan fingerprint density at radius 2 is 1.78 bits per heavy atom. The number of alkyl carbamates (subject to hydrolysis) is 1. The molecule has 0 radical (unpaired) electrons. The number of nitrogens with zero attached hydrogens (tertiary/aromatic N) is 4. The van der Waals surface area contributed by atoms with Crippen LogP contribution in [0.4, 0.5) is 4.79 Å². The standard InChI is InChI=1S/C22H35N7O3/c1-16-27-28-19(29(16)5)15-26-20(25-14-17-8-10-18(31-6)11-9-17)23-12-7-13-24-21(30)32-22(2,3)4/h8-11H,7,12-15H2,1-6H3,(H,24,30)(H2,23,25,26). The maximum absolute atomic E-state index is 11.7. The number of rotatable bonds is 9. The number of guanidine groups is 1. The molecule has 10 heteroatoms. The smallest absolute Gasteiger partial charge is 0.407 e. The highest BCUT2D eigenvalue weighted by Gasteiger charge is 2.15. The first-order valence-corrected chi connectivity index (χ1v) is 10.6. The molecule has 0 saturated heterocycles. The molecule has 176 valence electrons. The van der Waals surface area contributed by atoms with Gasteiger partial charge in [0.05, 0.1) is 20.2 Å². The van der Waals surface area contributed by atoms with Crippen molar-refractivity contribution < 1.29 is 14.3 Å². The molecule has 3 N–H and O–H groups in total. The minimum Gasteiger partial charge on any atom is -0.497 e. The molecule has 1 heterocycles. The van der Waals surface area contributed by atoms with E-state index in [0.717, 1.165) is 23.0 Å². The second kappa shape index (κ2) is 11.9. The fourth-order valence-electron chi connectivity index (χ4n) is 2.64. The molecule has 2 aromatic rings. The summed E-state index contributed by atoms with van der Waals surface area (Å²) in [6.45, 7) is 9.54. The van der Waals surface area contributed by atoms with Gasteiger partial charge in [0.25, 0.3) is 0 Å². The number of amides is 1. The predicted molar refractivity (Wildman–Crippen MR) is 124 cm³/mol. The summed E-state index contributed by atoms with van der Waals surface area (Å²) in [6.07, 6.45) is 0.299. The molecule has 0 aliphatic carbocycles. The quantitative estimate of drug-likeness (QED) is 0.308. The Morgan fingerprint density at radius 3 is 2.38 bits per heavy atom. The van der Waals surface area contributed by atoms with Crippen LogP contribution in [0.1, 0.15) is 44.4 Å². The van der Waals surface area contributed by atoms with Gasteiger partial charge in [0.15, 0.2) is 11.8 Å². The van der Waals surface area contributed by atoms with E-state index in [-0.39, 0.29) is 0 Å². The minimum absolute atomic E-state index is 0.415. The highest BCUT2D eigenvalue weighted by atomic mass is 16.6. The molecule has 0 aliphatic heterocycles. The molecule has 0 spiro atoms. The number of carbonyl (C=O) groups excluding carboxylic acids is 1. The average molecular weight is 446 g/mol. The number of benzene rings is 1. The van der Waals surface area contributed by atoms with Gasteiger partial charge in [-0.05, 0) is 51.8 Å². The highest BCUT2D eigenvalue weighted by molar-refractivity contribution is 5.79. The number of methoxy groups -OCH3 is 1. The van der Waals surface area contributed by atoms with E-state index >= 15 is 0 Å². The number of hydrogen-bond donors (Lipinski definition) is 3. The highest BCUT2D eigenvalue weighted by Crippen LogP contribution is 2.12. The fraction of sp³-hybridized carbons (Fsp3) is 0.545. The van der Waals surface area contributed by atoms with Gasteiger partial charge in [-0.25, -0.2) is 9.79 Å². The molecule has 1 aromatic heterocycles. The topological polar surface area (TPSA) is 115 Å². The number of nitrogens with one attached hydrogen (secondary N) is 3. The van der Waals surface area contributed by atoms with Crippen molar-refractivity contribution >= 4 is 12.1 Å². The van der Waals surface area contributed by atoms with Crippen LogP contribution in [0, 0.1) is 6.92 Å². The molecular formula is C22H35N7O3. The number of hydrogen-bond acceptors (Lipinski definition) is 6. The largest absolute Gasteiger partial charge is 0.497 e. The summed E-state index contributed by atoms with van der Waals surface area (Å²) in [4.78, 5) is 16.4. The summed E-state index contributed by atoms with van der Waals surface area (Å²) >= 11 is 0. The first-order chi connectivity index (χ1) is 15.2. The van der Waals surface area contributed by atoms with Gasteiger partial charge < -0.3 is 30.0 Å². The third-order valence-corrected chi connectivity index (χ3v) is 4.49. The monoisotopic (exact) mass is 445 g/mol. The van der Waals surface area contributed by atoms with E-state index in [4.69, 9.17) is 9.47 Å². The summed E-state index contributed by atoms with van der Waals surface area (Å²) in [5, 5.41) is 17.6. The number of aryl methyl sites for hydroxylation is 1. The first-order valence-electron chi connectivity index (χ1n) is 10.6. The predicted octanol–water partition coefficient (Wildman–Crippen LogP) is 2.28. The van der Waals surface area contributed by atoms with Crippen LogP contribution in [0.25, 0.3) is 0 Å². The molecule has 32 heavy (non-hydrogen) atoms.